The van der Waals surface area contributed by atoms with Crippen molar-refractivity contribution in [3.05, 3.63) is 41.2 Å². The molecule has 1 aromatic carbocycles. The largest absolute Gasteiger partial charge is 0.378 e. The Hall–Kier alpha value is -1.29. The lowest BCUT2D eigenvalue weighted by Crippen LogP contribution is -2.21. The van der Waals surface area contributed by atoms with Crippen molar-refractivity contribution < 1.29 is 17.9 Å². The minimum Gasteiger partial charge on any atom is -0.378 e. The van der Waals surface area contributed by atoms with Crippen LogP contribution in [0.5, 0.6) is 0 Å². The van der Waals surface area contributed by atoms with Crippen molar-refractivity contribution in [1.82, 2.24) is 0 Å². The molecule has 1 fully saturated rings. The van der Waals surface area contributed by atoms with E-state index >= 15 is 0 Å². The first-order chi connectivity index (χ1) is 14.1. The molecule has 0 saturated heterocycles. The summed E-state index contributed by atoms with van der Waals surface area (Å²) in [7, 11) is 0. The van der Waals surface area contributed by atoms with E-state index in [1.54, 1.807) is 6.07 Å². The van der Waals surface area contributed by atoms with E-state index in [4.69, 9.17) is 4.74 Å². The fourth-order valence-electron chi connectivity index (χ4n) is 4.26. The predicted octanol–water partition coefficient (Wildman–Crippen LogP) is 8.64. The Morgan fingerprint density at radius 1 is 0.931 bits per heavy atom. The van der Waals surface area contributed by atoms with Crippen molar-refractivity contribution in [1.29, 1.82) is 0 Å². The van der Waals surface area contributed by atoms with Gasteiger partial charge in [-0.05, 0) is 49.7 Å². The normalized spacial score (nSPS) is 19.3. The van der Waals surface area contributed by atoms with E-state index in [0.29, 0.717) is 18.1 Å². The molecule has 0 amide bonds. The zero-order valence-corrected chi connectivity index (χ0v) is 17.9. The van der Waals surface area contributed by atoms with Gasteiger partial charge in [-0.15, -0.1) is 0 Å². The maximum absolute atomic E-state index is 14.0. The maximum Gasteiger partial charge on any atom is 0.271 e. The molecule has 0 spiro atoms. The maximum atomic E-state index is 14.0. The molecule has 1 aliphatic rings. The summed E-state index contributed by atoms with van der Waals surface area (Å²) in [6.07, 6.45) is 14.8. The third-order valence-corrected chi connectivity index (χ3v) is 6.04. The fourth-order valence-corrected chi connectivity index (χ4v) is 4.26. The SMILES string of the molecule is CCCCCCCCCCCOC1CCC(c2ccc(C=C(F)F)c(F)c2)CC1. The quantitative estimate of drug-likeness (QED) is 0.296. The van der Waals surface area contributed by atoms with Crippen LogP contribution in [0.15, 0.2) is 24.3 Å². The van der Waals surface area contributed by atoms with Crippen LogP contribution < -0.4 is 0 Å². The van der Waals surface area contributed by atoms with Gasteiger partial charge in [0.05, 0.1) is 6.10 Å². The van der Waals surface area contributed by atoms with E-state index < -0.39 is 11.9 Å². The van der Waals surface area contributed by atoms with Gasteiger partial charge in [-0.2, -0.15) is 8.78 Å². The zero-order chi connectivity index (χ0) is 20.9. The fraction of sp³-hybridized carbons (Fsp3) is 0.680. The zero-order valence-electron chi connectivity index (χ0n) is 17.9. The summed E-state index contributed by atoms with van der Waals surface area (Å²) in [6, 6.07) is 4.66. The number of rotatable bonds is 13. The summed E-state index contributed by atoms with van der Waals surface area (Å²) >= 11 is 0. The second kappa shape index (κ2) is 13.8. The van der Waals surface area contributed by atoms with E-state index in [2.05, 4.69) is 6.92 Å². The Bertz CT molecular complexity index is 602. The number of benzene rings is 1. The second-order valence-electron chi connectivity index (χ2n) is 8.39. The molecular weight excluding hydrogens is 373 g/mol. The Labute approximate surface area is 174 Å². The summed E-state index contributed by atoms with van der Waals surface area (Å²) in [6.45, 7) is 3.09. The van der Waals surface area contributed by atoms with Crippen LogP contribution >= 0.6 is 0 Å². The predicted molar refractivity (Wildman–Crippen MR) is 115 cm³/mol. The van der Waals surface area contributed by atoms with Gasteiger partial charge in [0.1, 0.15) is 5.82 Å². The van der Waals surface area contributed by atoms with Gasteiger partial charge in [0.25, 0.3) is 6.08 Å². The van der Waals surface area contributed by atoms with Crippen LogP contribution in [-0.2, 0) is 4.74 Å². The van der Waals surface area contributed by atoms with Crippen LogP contribution in [0.2, 0.25) is 0 Å². The topological polar surface area (TPSA) is 9.23 Å². The lowest BCUT2D eigenvalue weighted by Gasteiger charge is -2.29. The minimum absolute atomic E-state index is 0.0493. The molecule has 0 heterocycles. The Morgan fingerprint density at radius 2 is 1.55 bits per heavy atom. The van der Waals surface area contributed by atoms with Crippen molar-refractivity contribution >= 4 is 6.08 Å². The van der Waals surface area contributed by atoms with E-state index in [1.807, 2.05) is 0 Å². The Kier molecular flexibility index (Phi) is 11.5. The Morgan fingerprint density at radius 3 is 2.14 bits per heavy atom. The van der Waals surface area contributed by atoms with Crippen LogP contribution in [0.25, 0.3) is 6.08 Å². The molecule has 0 atom stereocenters. The Balaban J connectivity index is 1.57. The summed E-state index contributed by atoms with van der Waals surface area (Å²) in [5.41, 5.74) is 0.864. The van der Waals surface area contributed by atoms with Gasteiger partial charge in [0, 0.05) is 18.2 Å². The van der Waals surface area contributed by atoms with Crippen molar-refractivity contribution in [2.75, 3.05) is 6.61 Å². The molecule has 0 N–H and O–H groups in total. The highest BCUT2D eigenvalue weighted by molar-refractivity contribution is 5.51. The molecular formula is C25H37F3O. The summed E-state index contributed by atoms with van der Waals surface area (Å²) in [5, 5.41) is 0. The minimum atomic E-state index is -1.87. The highest BCUT2D eigenvalue weighted by atomic mass is 19.3. The summed E-state index contributed by atoms with van der Waals surface area (Å²) in [4.78, 5) is 0. The molecule has 29 heavy (non-hydrogen) atoms. The van der Waals surface area contributed by atoms with Gasteiger partial charge < -0.3 is 4.74 Å². The molecule has 0 aromatic heterocycles. The molecule has 1 aliphatic carbocycles. The van der Waals surface area contributed by atoms with Crippen LogP contribution in [0.3, 0.4) is 0 Å². The molecule has 1 saturated carbocycles. The summed E-state index contributed by atoms with van der Waals surface area (Å²) in [5.74, 6) is -0.274. The number of halogens is 3. The van der Waals surface area contributed by atoms with Crippen molar-refractivity contribution in [3.63, 3.8) is 0 Å². The molecule has 2 rings (SSSR count). The number of hydrogen-bond donors (Lipinski definition) is 0. The van der Waals surface area contributed by atoms with Gasteiger partial charge in [-0.3, -0.25) is 0 Å². The number of ether oxygens (including phenoxy) is 1. The first-order valence-electron chi connectivity index (χ1n) is 11.5. The van der Waals surface area contributed by atoms with E-state index in [9.17, 15) is 13.2 Å². The molecule has 0 unspecified atom stereocenters. The molecule has 1 aromatic rings. The number of unbranched alkanes of at least 4 members (excludes halogenated alkanes) is 8. The average Bonchev–Trinajstić information content (AvgIpc) is 2.71. The van der Waals surface area contributed by atoms with E-state index in [1.165, 1.54) is 63.5 Å². The smallest absolute Gasteiger partial charge is 0.271 e. The van der Waals surface area contributed by atoms with E-state index in [-0.39, 0.29) is 5.56 Å². The van der Waals surface area contributed by atoms with Crippen LogP contribution in [-0.4, -0.2) is 12.7 Å². The lowest BCUT2D eigenvalue weighted by molar-refractivity contribution is 0.0226. The van der Waals surface area contributed by atoms with Gasteiger partial charge in [-0.25, -0.2) is 4.39 Å². The van der Waals surface area contributed by atoms with E-state index in [0.717, 1.165) is 44.3 Å². The van der Waals surface area contributed by atoms with Crippen LogP contribution in [0.1, 0.15) is 107 Å². The van der Waals surface area contributed by atoms with Crippen molar-refractivity contribution in [2.45, 2.75) is 102 Å². The van der Waals surface area contributed by atoms with Crippen molar-refractivity contribution in [2.24, 2.45) is 0 Å². The third kappa shape index (κ3) is 9.37. The molecule has 0 radical (unpaired) electrons. The monoisotopic (exact) mass is 410 g/mol. The van der Waals surface area contributed by atoms with Crippen molar-refractivity contribution in [3.8, 4) is 0 Å². The highest BCUT2D eigenvalue weighted by Crippen LogP contribution is 2.35. The molecule has 4 heteroatoms. The average molecular weight is 411 g/mol. The first-order valence-corrected chi connectivity index (χ1v) is 11.5. The molecule has 1 nitrogen and oxygen atoms in total. The van der Waals surface area contributed by atoms with Crippen LogP contribution in [0.4, 0.5) is 13.2 Å². The number of hydrogen-bond acceptors (Lipinski definition) is 1. The first kappa shape index (κ1) is 24.0. The van der Waals surface area contributed by atoms with Gasteiger partial charge in [0.2, 0.25) is 0 Å². The lowest BCUT2D eigenvalue weighted by atomic mass is 9.82. The second-order valence-corrected chi connectivity index (χ2v) is 8.39. The standard InChI is InChI=1S/C25H37F3O/c1-2-3-4-5-6-7-8-9-10-17-29-23-15-13-20(14-16-23)21-11-12-22(19-25(27)28)24(26)18-21/h11-12,18-20,23H,2-10,13-17H2,1H3. The van der Waals surface area contributed by atoms with Gasteiger partial charge in [0.15, 0.2) is 0 Å². The van der Waals surface area contributed by atoms with Gasteiger partial charge >= 0.3 is 0 Å². The van der Waals surface area contributed by atoms with Gasteiger partial charge in [-0.1, -0.05) is 70.4 Å². The third-order valence-electron chi connectivity index (χ3n) is 6.04. The highest BCUT2D eigenvalue weighted by Gasteiger charge is 2.23. The molecule has 0 aliphatic heterocycles. The van der Waals surface area contributed by atoms with Crippen LogP contribution in [0, 0.1) is 5.82 Å². The molecule has 164 valence electrons. The summed E-state index contributed by atoms with van der Waals surface area (Å²) < 4.78 is 44.7. The molecule has 0 bridgehead atoms.